The minimum atomic E-state index is -0.740. The number of aryl methyl sites for hydroxylation is 3. The molecule has 108 valence electrons. The predicted molar refractivity (Wildman–Crippen MR) is 82.1 cm³/mol. The summed E-state index contributed by atoms with van der Waals surface area (Å²) in [6.45, 7) is 5.67. The summed E-state index contributed by atoms with van der Waals surface area (Å²) in [4.78, 5) is 27.8. The average Bonchev–Trinajstić information content (AvgIpc) is 2.40. The van der Waals surface area contributed by atoms with Crippen LogP contribution in [0, 0.1) is 20.8 Å². The van der Waals surface area contributed by atoms with Crippen molar-refractivity contribution in [1.29, 1.82) is 0 Å². The van der Waals surface area contributed by atoms with Crippen LogP contribution in [0.1, 0.15) is 16.7 Å². The molecule has 0 saturated heterocycles. The van der Waals surface area contributed by atoms with E-state index in [0.29, 0.717) is 11.5 Å². The summed E-state index contributed by atoms with van der Waals surface area (Å²) >= 11 is 0. The van der Waals surface area contributed by atoms with Gasteiger partial charge in [0, 0.05) is 11.9 Å². The maximum Gasteiger partial charge on any atom is 0.315 e. The second-order valence-electron chi connectivity index (χ2n) is 4.95. The highest BCUT2D eigenvalue weighted by Gasteiger charge is 2.15. The van der Waals surface area contributed by atoms with Gasteiger partial charge in [0.15, 0.2) is 0 Å². The maximum absolute atomic E-state index is 11.9. The fourth-order valence-corrected chi connectivity index (χ4v) is 2.02. The largest absolute Gasteiger partial charge is 0.318 e. The zero-order valence-corrected chi connectivity index (χ0v) is 12.2. The molecule has 0 aliphatic rings. The predicted octanol–water partition coefficient (Wildman–Crippen LogP) is 2.58. The fourth-order valence-electron chi connectivity index (χ4n) is 2.02. The van der Waals surface area contributed by atoms with Gasteiger partial charge in [0.05, 0.1) is 0 Å². The van der Waals surface area contributed by atoms with Gasteiger partial charge in [-0.05, 0) is 55.7 Å². The van der Waals surface area contributed by atoms with Gasteiger partial charge < -0.3 is 10.6 Å². The third kappa shape index (κ3) is 3.89. The number of nitrogens with zero attached hydrogens (tertiary/aromatic N) is 1. The molecule has 1 heterocycles. The molecule has 0 aliphatic heterocycles. The van der Waals surface area contributed by atoms with Crippen LogP contribution in [0.3, 0.4) is 0 Å². The van der Waals surface area contributed by atoms with Gasteiger partial charge in [0.2, 0.25) is 0 Å². The van der Waals surface area contributed by atoms with E-state index in [1.165, 1.54) is 0 Å². The lowest BCUT2D eigenvalue weighted by Gasteiger charge is -2.09. The molecule has 1 aromatic heterocycles. The summed E-state index contributed by atoms with van der Waals surface area (Å²) in [5.74, 6) is -1.07. The molecule has 2 amide bonds. The Bertz CT molecular complexity index is 675. The van der Waals surface area contributed by atoms with Crippen LogP contribution in [0.4, 0.5) is 11.5 Å². The molecule has 2 rings (SSSR count). The lowest BCUT2D eigenvalue weighted by molar-refractivity contribution is -0.133. The Balaban J connectivity index is 2.06. The molecule has 0 bridgehead atoms. The molecule has 5 nitrogen and oxygen atoms in total. The lowest BCUT2D eigenvalue weighted by Crippen LogP contribution is -2.29. The van der Waals surface area contributed by atoms with Crippen LogP contribution < -0.4 is 10.6 Å². The van der Waals surface area contributed by atoms with Crippen LogP contribution in [0.2, 0.25) is 0 Å². The highest BCUT2D eigenvalue weighted by molar-refractivity contribution is 6.43. The van der Waals surface area contributed by atoms with Gasteiger partial charge in [-0.15, -0.1) is 0 Å². The van der Waals surface area contributed by atoms with E-state index in [2.05, 4.69) is 15.6 Å². The second-order valence-corrected chi connectivity index (χ2v) is 4.95. The number of amides is 2. The SMILES string of the molecule is Cc1cc(C)cc(NC(=O)C(=O)Nc2ncccc2C)c1. The molecule has 2 aromatic rings. The fraction of sp³-hybridized carbons (Fsp3) is 0.188. The number of hydrogen-bond donors (Lipinski definition) is 2. The molecule has 5 heteroatoms. The van der Waals surface area contributed by atoms with Crippen molar-refractivity contribution in [2.75, 3.05) is 10.6 Å². The number of pyridine rings is 1. The Morgan fingerprint density at radius 1 is 0.952 bits per heavy atom. The summed E-state index contributed by atoms with van der Waals surface area (Å²) in [5, 5.41) is 5.08. The van der Waals surface area contributed by atoms with Crippen LogP contribution in [0.25, 0.3) is 0 Å². The summed E-state index contributed by atoms with van der Waals surface area (Å²) in [6, 6.07) is 9.19. The van der Waals surface area contributed by atoms with E-state index in [4.69, 9.17) is 0 Å². The lowest BCUT2D eigenvalue weighted by atomic mass is 10.1. The van der Waals surface area contributed by atoms with Crippen LogP contribution in [0.15, 0.2) is 36.5 Å². The Morgan fingerprint density at radius 2 is 1.57 bits per heavy atom. The number of anilines is 2. The molecule has 0 radical (unpaired) electrons. The van der Waals surface area contributed by atoms with Gasteiger partial charge in [0.1, 0.15) is 5.82 Å². The third-order valence-corrected chi connectivity index (χ3v) is 2.93. The topological polar surface area (TPSA) is 71.1 Å². The van der Waals surface area contributed by atoms with Crippen molar-refractivity contribution in [1.82, 2.24) is 4.98 Å². The van der Waals surface area contributed by atoms with Crippen molar-refractivity contribution >= 4 is 23.3 Å². The molecule has 0 aliphatic carbocycles. The molecular weight excluding hydrogens is 266 g/mol. The van der Waals surface area contributed by atoms with Gasteiger partial charge >= 0.3 is 11.8 Å². The zero-order valence-electron chi connectivity index (χ0n) is 12.2. The monoisotopic (exact) mass is 283 g/mol. The minimum absolute atomic E-state index is 0.387. The second kappa shape index (κ2) is 6.17. The number of benzene rings is 1. The van der Waals surface area contributed by atoms with Crippen LogP contribution in [-0.4, -0.2) is 16.8 Å². The van der Waals surface area contributed by atoms with Crippen molar-refractivity contribution in [2.24, 2.45) is 0 Å². The Labute approximate surface area is 123 Å². The Morgan fingerprint density at radius 3 is 2.19 bits per heavy atom. The maximum atomic E-state index is 11.9. The zero-order chi connectivity index (χ0) is 15.4. The normalized spacial score (nSPS) is 10.0. The van der Waals surface area contributed by atoms with Crippen molar-refractivity contribution in [2.45, 2.75) is 20.8 Å². The van der Waals surface area contributed by atoms with Gasteiger partial charge in [-0.2, -0.15) is 0 Å². The number of carbonyl (C=O) groups is 2. The van der Waals surface area contributed by atoms with Gasteiger partial charge in [-0.25, -0.2) is 4.98 Å². The molecular formula is C16H17N3O2. The molecule has 1 aromatic carbocycles. The number of nitrogens with one attached hydrogen (secondary N) is 2. The Kier molecular flexibility index (Phi) is 4.33. The molecule has 0 spiro atoms. The number of rotatable bonds is 2. The first-order valence-corrected chi connectivity index (χ1v) is 6.58. The summed E-state index contributed by atoms with van der Waals surface area (Å²) in [6.07, 6.45) is 1.56. The van der Waals surface area contributed by atoms with E-state index in [9.17, 15) is 9.59 Å². The van der Waals surface area contributed by atoms with Gasteiger partial charge in [0.25, 0.3) is 0 Å². The van der Waals surface area contributed by atoms with Crippen molar-refractivity contribution < 1.29 is 9.59 Å². The van der Waals surface area contributed by atoms with Gasteiger partial charge in [-0.1, -0.05) is 12.1 Å². The third-order valence-electron chi connectivity index (χ3n) is 2.93. The summed E-state index contributed by atoms with van der Waals surface area (Å²) in [5.41, 5.74) is 3.44. The van der Waals surface area contributed by atoms with Crippen LogP contribution >= 0.6 is 0 Å². The molecule has 0 saturated carbocycles. The van der Waals surface area contributed by atoms with E-state index >= 15 is 0 Å². The van der Waals surface area contributed by atoms with E-state index in [0.717, 1.165) is 16.7 Å². The van der Waals surface area contributed by atoms with Crippen LogP contribution in [-0.2, 0) is 9.59 Å². The van der Waals surface area contributed by atoms with Crippen molar-refractivity contribution in [3.8, 4) is 0 Å². The first-order valence-electron chi connectivity index (χ1n) is 6.58. The molecule has 2 N–H and O–H groups in total. The molecule has 0 atom stereocenters. The number of aromatic nitrogens is 1. The van der Waals surface area contributed by atoms with E-state index in [-0.39, 0.29) is 0 Å². The summed E-state index contributed by atoms with van der Waals surface area (Å²) < 4.78 is 0. The molecule has 0 fully saturated rings. The van der Waals surface area contributed by atoms with E-state index < -0.39 is 11.8 Å². The first kappa shape index (κ1) is 14.7. The quantitative estimate of drug-likeness (QED) is 0.832. The number of hydrogen-bond acceptors (Lipinski definition) is 3. The van der Waals surface area contributed by atoms with Crippen molar-refractivity contribution in [3.05, 3.63) is 53.2 Å². The molecule has 0 unspecified atom stereocenters. The van der Waals surface area contributed by atoms with Gasteiger partial charge in [-0.3, -0.25) is 9.59 Å². The average molecular weight is 283 g/mol. The smallest absolute Gasteiger partial charge is 0.315 e. The standard InChI is InChI=1S/C16H17N3O2/c1-10-7-11(2)9-13(8-10)18-15(20)16(21)19-14-12(3)5-4-6-17-14/h4-9H,1-3H3,(H,18,20)(H,17,19,21). The van der Waals surface area contributed by atoms with E-state index in [1.807, 2.05) is 45.0 Å². The highest BCUT2D eigenvalue weighted by Crippen LogP contribution is 2.14. The molecule has 21 heavy (non-hydrogen) atoms. The number of carbonyl (C=O) groups excluding carboxylic acids is 2. The Hall–Kier alpha value is -2.69. The highest BCUT2D eigenvalue weighted by atomic mass is 16.2. The van der Waals surface area contributed by atoms with E-state index in [1.54, 1.807) is 12.3 Å². The first-order chi connectivity index (χ1) is 9.95. The van der Waals surface area contributed by atoms with Crippen LogP contribution in [0.5, 0.6) is 0 Å². The van der Waals surface area contributed by atoms with Crippen molar-refractivity contribution in [3.63, 3.8) is 0 Å². The minimum Gasteiger partial charge on any atom is -0.318 e. The summed E-state index contributed by atoms with van der Waals surface area (Å²) in [7, 11) is 0.